The molecule has 10 heteroatoms. The van der Waals surface area contributed by atoms with Gasteiger partial charge in [-0.15, -0.1) is 0 Å². The highest BCUT2D eigenvalue weighted by Gasteiger charge is 2.46. The number of para-hydroxylation sites is 1. The first kappa shape index (κ1) is 31.6. The van der Waals surface area contributed by atoms with Gasteiger partial charge in [-0.1, -0.05) is 82.6 Å². The van der Waals surface area contributed by atoms with Crippen molar-refractivity contribution in [1.82, 2.24) is 20.9 Å². The van der Waals surface area contributed by atoms with Crippen molar-refractivity contribution in [2.24, 2.45) is 17.6 Å². The number of fused-ring (bicyclic) bond motifs is 3. The van der Waals surface area contributed by atoms with Gasteiger partial charge in [0.05, 0.1) is 0 Å². The number of carbonyl (C=O) groups excluding carboxylic acids is 4. The molecule has 4 rings (SSSR count). The number of H-pyrrole nitrogens is 1. The molecule has 1 aliphatic carbocycles. The molecule has 1 aromatic heterocycles. The molecule has 0 bridgehead atoms. The molecule has 1 aliphatic rings. The van der Waals surface area contributed by atoms with Crippen molar-refractivity contribution in [2.75, 3.05) is 0 Å². The van der Waals surface area contributed by atoms with E-state index < -0.39 is 41.4 Å². The molecule has 4 amide bonds. The minimum atomic E-state index is -1.38. The van der Waals surface area contributed by atoms with Gasteiger partial charge in [0.25, 0.3) is 0 Å². The minimum absolute atomic E-state index is 0.0559. The van der Waals surface area contributed by atoms with E-state index in [1.54, 1.807) is 13.8 Å². The molecule has 0 spiro atoms. The molecule has 0 aliphatic heterocycles. The topological polar surface area (TPSA) is 155 Å². The highest BCUT2D eigenvalue weighted by atomic mass is 16.5. The number of nitrogens with one attached hydrogen (secondary N) is 4. The van der Waals surface area contributed by atoms with Crippen LogP contribution < -0.4 is 21.7 Å². The van der Waals surface area contributed by atoms with E-state index >= 15 is 0 Å². The van der Waals surface area contributed by atoms with E-state index in [2.05, 4.69) is 20.9 Å². The average Bonchev–Trinajstić information content (AvgIpc) is 3.36. The van der Waals surface area contributed by atoms with Crippen LogP contribution in [0, 0.1) is 18.8 Å². The largest absolute Gasteiger partial charge is 0.445 e. The molecule has 0 saturated carbocycles. The first-order valence-electron chi connectivity index (χ1n) is 14.9. The smallest absolute Gasteiger partial charge is 0.408 e. The highest BCUT2D eigenvalue weighted by Crippen LogP contribution is 2.35. The second-order valence-corrected chi connectivity index (χ2v) is 12.0. The number of primary amides is 1. The molecule has 10 nitrogen and oxygen atoms in total. The Balaban J connectivity index is 1.63. The molecule has 0 saturated heterocycles. The van der Waals surface area contributed by atoms with Crippen LogP contribution in [0.5, 0.6) is 0 Å². The number of aryl methyl sites for hydroxylation is 2. The molecule has 0 unspecified atom stereocenters. The Morgan fingerprint density at radius 3 is 2.37 bits per heavy atom. The first-order chi connectivity index (χ1) is 20.5. The van der Waals surface area contributed by atoms with Crippen LogP contribution in [0.1, 0.15) is 62.9 Å². The highest BCUT2D eigenvalue weighted by molar-refractivity contribution is 5.98. The molecular formula is C33H43N5O5. The molecule has 1 heterocycles. The van der Waals surface area contributed by atoms with E-state index in [9.17, 15) is 19.2 Å². The quantitative estimate of drug-likeness (QED) is 0.230. The van der Waals surface area contributed by atoms with Gasteiger partial charge in [-0.25, -0.2) is 4.79 Å². The number of nitrogens with two attached hydrogens (primary N) is 1. The van der Waals surface area contributed by atoms with Gasteiger partial charge in [0.15, 0.2) is 0 Å². The van der Waals surface area contributed by atoms with Gasteiger partial charge in [-0.3, -0.25) is 14.4 Å². The van der Waals surface area contributed by atoms with Crippen LogP contribution in [0.25, 0.3) is 10.9 Å². The van der Waals surface area contributed by atoms with Crippen LogP contribution in [-0.4, -0.2) is 46.4 Å². The fourth-order valence-electron chi connectivity index (χ4n) is 5.73. The van der Waals surface area contributed by atoms with E-state index in [0.29, 0.717) is 19.3 Å². The van der Waals surface area contributed by atoms with Gasteiger partial charge in [0.2, 0.25) is 17.7 Å². The molecule has 230 valence electrons. The molecule has 0 fully saturated rings. The zero-order chi connectivity index (χ0) is 31.3. The fraction of sp³-hybridized carbons (Fsp3) is 0.455. The number of hydrogen-bond donors (Lipinski definition) is 5. The van der Waals surface area contributed by atoms with Crippen molar-refractivity contribution in [1.29, 1.82) is 0 Å². The summed E-state index contributed by atoms with van der Waals surface area (Å²) in [6.07, 6.45) is 0.867. The zero-order valence-corrected chi connectivity index (χ0v) is 25.6. The maximum absolute atomic E-state index is 14.1. The van der Waals surface area contributed by atoms with Crippen molar-refractivity contribution < 1.29 is 23.9 Å². The summed E-state index contributed by atoms with van der Waals surface area (Å²) in [6, 6.07) is 13.4. The van der Waals surface area contributed by atoms with Crippen LogP contribution in [0.2, 0.25) is 0 Å². The van der Waals surface area contributed by atoms with Gasteiger partial charge in [-0.05, 0) is 48.3 Å². The van der Waals surface area contributed by atoms with Crippen molar-refractivity contribution in [3.05, 3.63) is 70.9 Å². The first-order valence-corrected chi connectivity index (χ1v) is 14.9. The Hall–Kier alpha value is -4.34. The number of ether oxygens (including phenoxy) is 1. The monoisotopic (exact) mass is 589 g/mol. The van der Waals surface area contributed by atoms with Gasteiger partial charge < -0.3 is 31.4 Å². The molecule has 4 atom stereocenters. The molecule has 3 aromatic rings. The third-order valence-electron chi connectivity index (χ3n) is 8.56. The Kier molecular flexibility index (Phi) is 9.78. The minimum Gasteiger partial charge on any atom is -0.445 e. The maximum Gasteiger partial charge on any atom is 0.408 e. The average molecular weight is 590 g/mol. The number of rotatable bonds is 11. The summed E-state index contributed by atoms with van der Waals surface area (Å²) >= 11 is 0. The number of amides is 4. The predicted molar refractivity (Wildman–Crippen MR) is 165 cm³/mol. The van der Waals surface area contributed by atoms with Crippen LogP contribution >= 0.6 is 0 Å². The summed E-state index contributed by atoms with van der Waals surface area (Å²) in [7, 11) is 0. The Labute approximate surface area is 252 Å². The second-order valence-electron chi connectivity index (χ2n) is 12.0. The van der Waals surface area contributed by atoms with Gasteiger partial charge in [-0.2, -0.15) is 0 Å². The Bertz CT molecular complexity index is 1480. The van der Waals surface area contributed by atoms with Crippen LogP contribution in [0.3, 0.4) is 0 Å². The number of aromatic amines is 1. The SMILES string of the molecule is CC[C@H](C)[C@H](NC(=O)OCc1ccccc1)C(=O)N[C@]1(C(=O)N[C@H](C(N)=O)C(C)C)CCc2[nH]c3c(C)cccc3c2C1. The summed E-state index contributed by atoms with van der Waals surface area (Å²) in [6.45, 7) is 9.45. The van der Waals surface area contributed by atoms with Crippen molar-refractivity contribution in [2.45, 2.75) is 84.5 Å². The lowest BCUT2D eigenvalue weighted by molar-refractivity contribution is -0.137. The normalized spacial score (nSPS) is 18.3. The predicted octanol–water partition coefficient (Wildman–Crippen LogP) is 3.79. The number of hydrogen-bond acceptors (Lipinski definition) is 5. The summed E-state index contributed by atoms with van der Waals surface area (Å²) < 4.78 is 5.40. The standard InChI is InChI=1S/C33H43N5O5/c1-6-20(4)28(37-32(42)43-18-22-12-8-7-9-13-22)30(40)38-33(31(41)36-26(19(2)3)29(34)39)16-15-25-24(17-33)23-14-10-11-21(5)27(23)35-25/h7-14,19-20,26,28,35H,6,15-18H2,1-5H3,(H2,34,39)(H,36,41)(H,37,42)(H,38,40)/t20-,26-,28-,33+/m0/s1. The Morgan fingerprint density at radius 2 is 1.72 bits per heavy atom. The zero-order valence-electron chi connectivity index (χ0n) is 25.6. The van der Waals surface area contributed by atoms with E-state index in [1.165, 1.54) is 0 Å². The van der Waals surface area contributed by atoms with Crippen LogP contribution in [0.15, 0.2) is 48.5 Å². The van der Waals surface area contributed by atoms with Crippen LogP contribution in [-0.2, 0) is 38.6 Å². The number of aromatic nitrogens is 1. The number of alkyl carbamates (subject to hydrolysis) is 1. The summed E-state index contributed by atoms with van der Waals surface area (Å²) in [4.78, 5) is 56.6. The van der Waals surface area contributed by atoms with Crippen molar-refractivity contribution in [3.63, 3.8) is 0 Å². The third kappa shape index (κ3) is 7.01. The third-order valence-corrected chi connectivity index (χ3v) is 8.56. The molecule has 0 radical (unpaired) electrons. The Morgan fingerprint density at radius 1 is 1.00 bits per heavy atom. The summed E-state index contributed by atoms with van der Waals surface area (Å²) in [5.41, 5.74) is 9.10. The van der Waals surface area contributed by atoms with E-state index in [1.807, 2.05) is 69.3 Å². The van der Waals surface area contributed by atoms with Gasteiger partial charge in [0.1, 0.15) is 24.2 Å². The molecule has 43 heavy (non-hydrogen) atoms. The van der Waals surface area contributed by atoms with E-state index in [0.717, 1.165) is 33.3 Å². The van der Waals surface area contributed by atoms with Gasteiger partial charge in [0, 0.05) is 23.0 Å². The fourth-order valence-corrected chi connectivity index (χ4v) is 5.73. The summed E-state index contributed by atoms with van der Waals surface area (Å²) in [5, 5.41) is 9.57. The number of benzene rings is 2. The van der Waals surface area contributed by atoms with E-state index in [-0.39, 0.29) is 24.9 Å². The lowest BCUT2D eigenvalue weighted by Crippen LogP contribution is -2.67. The maximum atomic E-state index is 14.1. The lowest BCUT2D eigenvalue weighted by Gasteiger charge is -2.39. The molecule has 2 aromatic carbocycles. The number of carbonyl (C=O) groups is 4. The second kappa shape index (κ2) is 13.3. The molecular weight excluding hydrogens is 546 g/mol. The van der Waals surface area contributed by atoms with Crippen molar-refractivity contribution in [3.8, 4) is 0 Å². The summed E-state index contributed by atoms with van der Waals surface area (Å²) in [5.74, 6) is -2.14. The van der Waals surface area contributed by atoms with Crippen molar-refractivity contribution >= 4 is 34.7 Å². The van der Waals surface area contributed by atoms with Gasteiger partial charge >= 0.3 is 6.09 Å². The lowest BCUT2D eigenvalue weighted by atomic mass is 9.78. The van der Waals surface area contributed by atoms with Crippen LogP contribution in [0.4, 0.5) is 4.79 Å². The molecule has 6 N–H and O–H groups in total. The van der Waals surface area contributed by atoms with E-state index in [4.69, 9.17) is 10.5 Å².